The van der Waals surface area contributed by atoms with Crippen molar-refractivity contribution >= 4 is 11.8 Å². The van der Waals surface area contributed by atoms with E-state index in [1.165, 1.54) is 19.3 Å². The van der Waals surface area contributed by atoms with Gasteiger partial charge in [-0.15, -0.1) is 0 Å². The number of hydrogen-bond donors (Lipinski definition) is 1. The van der Waals surface area contributed by atoms with E-state index in [1.54, 1.807) is 6.20 Å². The largest absolute Gasteiger partial charge is 0.363 e. The second-order valence-electron chi connectivity index (χ2n) is 6.62. The van der Waals surface area contributed by atoms with Crippen LogP contribution < -0.4 is 10.2 Å². The average Bonchev–Trinajstić information content (AvgIpc) is 2.43. The molecule has 0 spiro atoms. The van der Waals surface area contributed by atoms with Crippen molar-refractivity contribution in [2.24, 2.45) is 5.92 Å². The number of urea groups is 1. The summed E-state index contributed by atoms with van der Waals surface area (Å²) in [6, 6.07) is 4.21. The molecule has 5 nitrogen and oxygen atoms in total. The second-order valence-corrected chi connectivity index (χ2v) is 6.62. The molecule has 2 rings (SSSR count). The molecular formula is C17H28N4O. The minimum atomic E-state index is 0.0325. The van der Waals surface area contributed by atoms with E-state index in [2.05, 4.69) is 24.1 Å². The van der Waals surface area contributed by atoms with Crippen LogP contribution in [0.5, 0.6) is 0 Å². The maximum Gasteiger partial charge on any atom is 0.317 e. The summed E-state index contributed by atoms with van der Waals surface area (Å²) >= 11 is 0. The summed E-state index contributed by atoms with van der Waals surface area (Å²) in [5, 5.41) is 3.04. The molecule has 1 aromatic heterocycles. The van der Waals surface area contributed by atoms with Crippen molar-refractivity contribution in [1.82, 2.24) is 15.2 Å². The molecule has 1 aromatic rings. The van der Waals surface area contributed by atoms with Crippen molar-refractivity contribution in [3.63, 3.8) is 0 Å². The number of carbonyl (C=O) groups excluding carboxylic acids is 1. The molecule has 0 radical (unpaired) electrons. The number of hydrogen-bond acceptors (Lipinski definition) is 3. The van der Waals surface area contributed by atoms with Crippen molar-refractivity contribution in [2.75, 3.05) is 25.5 Å². The van der Waals surface area contributed by atoms with Gasteiger partial charge in [0.25, 0.3) is 0 Å². The Kier molecular flexibility index (Phi) is 5.63. The molecular weight excluding hydrogens is 276 g/mol. The predicted octanol–water partition coefficient (Wildman–Crippen LogP) is 2.87. The van der Waals surface area contributed by atoms with Crippen molar-refractivity contribution in [3.05, 3.63) is 23.9 Å². The van der Waals surface area contributed by atoms with Crippen LogP contribution in [0, 0.1) is 5.92 Å². The summed E-state index contributed by atoms with van der Waals surface area (Å²) < 4.78 is 0. The predicted molar refractivity (Wildman–Crippen MR) is 90.0 cm³/mol. The molecule has 0 aliphatic heterocycles. The fourth-order valence-corrected chi connectivity index (χ4v) is 2.58. The number of anilines is 1. The van der Waals surface area contributed by atoms with Gasteiger partial charge in [-0.1, -0.05) is 6.42 Å². The Balaban J connectivity index is 1.90. The number of aromatic nitrogens is 1. The molecule has 0 bridgehead atoms. The standard InChI is InChI=1S/C17H28N4O/c1-13(2)21(12-14-6-5-7-14)17(22)19-11-15-8-9-18-16(10-15)20(3)4/h8-10,13-14H,5-7,11-12H2,1-4H3,(H,19,22). The fourth-order valence-electron chi connectivity index (χ4n) is 2.58. The molecule has 22 heavy (non-hydrogen) atoms. The highest BCUT2D eigenvalue weighted by Crippen LogP contribution is 2.27. The summed E-state index contributed by atoms with van der Waals surface area (Å²) in [5.74, 6) is 1.59. The van der Waals surface area contributed by atoms with Gasteiger partial charge in [0, 0.05) is 39.4 Å². The highest BCUT2D eigenvalue weighted by Gasteiger charge is 2.25. The quantitative estimate of drug-likeness (QED) is 0.879. The van der Waals surface area contributed by atoms with E-state index in [-0.39, 0.29) is 12.1 Å². The summed E-state index contributed by atoms with van der Waals surface area (Å²) in [7, 11) is 3.92. The van der Waals surface area contributed by atoms with Gasteiger partial charge in [0.15, 0.2) is 0 Å². The first-order valence-corrected chi connectivity index (χ1v) is 8.14. The molecule has 0 atom stereocenters. The van der Waals surface area contributed by atoms with Gasteiger partial charge in [0.2, 0.25) is 0 Å². The van der Waals surface area contributed by atoms with Crippen LogP contribution in [0.15, 0.2) is 18.3 Å². The Morgan fingerprint density at radius 3 is 2.68 bits per heavy atom. The summed E-state index contributed by atoms with van der Waals surface area (Å²) in [4.78, 5) is 20.6. The molecule has 0 aromatic carbocycles. The maximum absolute atomic E-state index is 12.4. The molecule has 2 amide bonds. The van der Waals surface area contributed by atoms with E-state index in [0.29, 0.717) is 12.5 Å². The smallest absolute Gasteiger partial charge is 0.317 e. The maximum atomic E-state index is 12.4. The first-order valence-electron chi connectivity index (χ1n) is 8.14. The van der Waals surface area contributed by atoms with Gasteiger partial charge in [-0.05, 0) is 50.3 Å². The van der Waals surface area contributed by atoms with Crippen LogP contribution in [0.4, 0.5) is 10.6 Å². The second kappa shape index (κ2) is 7.47. The lowest BCUT2D eigenvalue weighted by Gasteiger charge is -2.34. The van der Waals surface area contributed by atoms with Crippen LogP contribution >= 0.6 is 0 Å². The first-order chi connectivity index (χ1) is 10.5. The number of amides is 2. The van der Waals surface area contributed by atoms with Crippen LogP contribution in [-0.2, 0) is 6.54 Å². The fraction of sp³-hybridized carbons (Fsp3) is 0.647. The minimum Gasteiger partial charge on any atom is -0.363 e. The van der Waals surface area contributed by atoms with Crippen LogP contribution in [-0.4, -0.2) is 42.6 Å². The van der Waals surface area contributed by atoms with E-state index >= 15 is 0 Å². The number of nitrogens with zero attached hydrogens (tertiary/aromatic N) is 3. The van der Waals surface area contributed by atoms with Crippen LogP contribution in [0.2, 0.25) is 0 Å². The molecule has 1 N–H and O–H groups in total. The third-order valence-corrected chi connectivity index (χ3v) is 4.28. The Labute approximate surface area is 133 Å². The van der Waals surface area contributed by atoms with Crippen molar-refractivity contribution in [2.45, 2.75) is 45.7 Å². The van der Waals surface area contributed by atoms with Crippen LogP contribution in [0.3, 0.4) is 0 Å². The van der Waals surface area contributed by atoms with Gasteiger partial charge < -0.3 is 15.1 Å². The van der Waals surface area contributed by atoms with Gasteiger partial charge in [-0.2, -0.15) is 0 Å². The molecule has 5 heteroatoms. The number of rotatable bonds is 6. The third-order valence-electron chi connectivity index (χ3n) is 4.28. The molecule has 1 saturated carbocycles. The lowest BCUT2D eigenvalue weighted by molar-refractivity contribution is 0.150. The molecule has 122 valence electrons. The normalized spacial score (nSPS) is 14.6. The van der Waals surface area contributed by atoms with Gasteiger partial charge in [0.05, 0.1) is 0 Å². The van der Waals surface area contributed by atoms with Crippen molar-refractivity contribution in [1.29, 1.82) is 0 Å². The Morgan fingerprint density at radius 2 is 2.14 bits per heavy atom. The molecule has 1 aliphatic carbocycles. The Morgan fingerprint density at radius 1 is 1.41 bits per heavy atom. The third kappa shape index (κ3) is 4.36. The molecule has 0 saturated heterocycles. The zero-order valence-corrected chi connectivity index (χ0v) is 14.2. The van der Waals surface area contributed by atoms with Crippen molar-refractivity contribution in [3.8, 4) is 0 Å². The number of nitrogens with one attached hydrogen (secondary N) is 1. The zero-order valence-electron chi connectivity index (χ0n) is 14.2. The lowest BCUT2D eigenvalue weighted by Crippen LogP contribution is -2.46. The van der Waals surface area contributed by atoms with Gasteiger partial charge in [-0.25, -0.2) is 9.78 Å². The first kappa shape index (κ1) is 16.6. The lowest BCUT2D eigenvalue weighted by atomic mass is 9.85. The number of pyridine rings is 1. The van der Waals surface area contributed by atoms with E-state index in [1.807, 2.05) is 36.0 Å². The van der Waals surface area contributed by atoms with Gasteiger partial charge >= 0.3 is 6.03 Å². The van der Waals surface area contributed by atoms with Crippen molar-refractivity contribution < 1.29 is 4.79 Å². The van der Waals surface area contributed by atoms with Crippen LogP contribution in [0.25, 0.3) is 0 Å². The summed E-state index contributed by atoms with van der Waals surface area (Å²) in [6.07, 6.45) is 5.61. The summed E-state index contributed by atoms with van der Waals surface area (Å²) in [5.41, 5.74) is 1.07. The zero-order chi connectivity index (χ0) is 16.1. The molecule has 1 fully saturated rings. The molecule has 1 aliphatic rings. The van der Waals surface area contributed by atoms with E-state index in [4.69, 9.17) is 0 Å². The van der Waals surface area contributed by atoms with Crippen LogP contribution in [0.1, 0.15) is 38.7 Å². The number of carbonyl (C=O) groups is 1. The Hall–Kier alpha value is -1.78. The average molecular weight is 304 g/mol. The van der Waals surface area contributed by atoms with E-state index < -0.39 is 0 Å². The molecule has 1 heterocycles. The molecule has 0 unspecified atom stereocenters. The van der Waals surface area contributed by atoms with E-state index in [9.17, 15) is 4.79 Å². The summed E-state index contributed by atoms with van der Waals surface area (Å²) in [6.45, 7) is 5.57. The van der Waals surface area contributed by atoms with Gasteiger partial charge in [-0.3, -0.25) is 0 Å². The highest BCUT2D eigenvalue weighted by molar-refractivity contribution is 5.74. The minimum absolute atomic E-state index is 0.0325. The highest BCUT2D eigenvalue weighted by atomic mass is 16.2. The Bertz CT molecular complexity index is 497. The SMILES string of the molecule is CC(C)N(CC1CCC1)C(=O)NCc1ccnc(N(C)C)c1. The van der Waals surface area contributed by atoms with E-state index in [0.717, 1.165) is 17.9 Å². The monoisotopic (exact) mass is 304 g/mol. The van der Waals surface area contributed by atoms with Gasteiger partial charge in [0.1, 0.15) is 5.82 Å². The topological polar surface area (TPSA) is 48.5 Å².